The Morgan fingerprint density at radius 1 is 1.04 bits per heavy atom. The topological polar surface area (TPSA) is 82.0 Å². The molecule has 25 heavy (non-hydrogen) atoms. The minimum absolute atomic E-state index is 0.0772. The van der Waals surface area contributed by atoms with Crippen LogP contribution in [0.5, 0.6) is 0 Å². The molecule has 0 spiro atoms. The van der Waals surface area contributed by atoms with E-state index in [9.17, 15) is 10.4 Å². The van der Waals surface area contributed by atoms with Crippen molar-refractivity contribution >= 4 is 17.0 Å². The molecule has 7 heteroatoms. The molecule has 7 nitrogen and oxygen atoms in total. The molecular formula is C18H27N5O2. The second-order valence-corrected chi connectivity index (χ2v) is 6.72. The van der Waals surface area contributed by atoms with Crippen LogP contribution >= 0.6 is 0 Å². The Morgan fingerprint density at radius 2 is 1.68 bits per heavy atom. The van der Waals surface area contributed by atoms with Gasteiger partial charge in [-0.25, -0.2) is 4.73 Å². The third-order valence-corrected chi connectivity index (χ3v) is 4.78. The number of aromatic nitrogens is 3. The maximum absolute atomic E-state index is 12.6. The van der Waals surface area contributed by atoms with Gasteiger partial charge in [0.15, 0.2) is 5.52 Å². The molecule has 1 aromatic carbocycles. The molecule has 1 heterocycles. The van der Waals surface area contributed by atoms with Gasteiger partial charge in [0.1, 0.15) is 0 Å². The maximum Gasteiger partial charge on any atom is 0.461 e. The normalized spacial score (nSPS) is 13.6. The fourth-order valence-corrected chi connectivity index (χ4v) is 3.61. The number of benzene rings is 1. The first kappa shape index (κ1) is 17.7. The monoisotopic (exact) mass is 345 g/mol. The van der Waals surface area contributed by atoms with Crippen molar-refractivity contribution in [2.75, 3.05) is 31.5 Å². The van der Waals surface area contributed by atoms with Crippen molar-refractivity contribution in [2.45, 2.75) is 46.0 Å². The molecule has 1 aromatic heterocycles. The lowest BCUT2D eigenvalue weighted by atomic mass is 10.1. The second kappa shape index (κ2) is 7.82. The standard InChI is InChI=1S/C18H27N5O2/c1-3-9-21(10-4-2)11-8-19-18-20-23(25)17-13-15-7-5-6-14(15)12-16(17)22(18)24/h12-13H,3-11H2,1-2H3,(H,19,20). The van der Waals surface area contributed by atoms with Crippen LogP contribution in [-0.4, -0.2) is 36.2 Å². The molecule has 1 N–H and O–H groups in total. The number of rotatable bonds is 8. The van der Waals surface area contributed by atoms with Gasteiger partial charge in [0.2, 0.25) is 5.10 Å². The Balaban J connectivity index is 1.78. The lowest BCUT2D eigenvalue weighted by Crippen LogP contribution is -2.45. The van der Waals surface area contributed by atoms with Gasteiger partial charge in [-0.2, -0.15) is 0 Å². The van der Waals surface area contributed by atoms with Crippen molar-refractivity contribution in [1.29, 1.82) is 0 Å². The van der Waals surface area contributed by atoms with Gasteiger partial charge in [0.05, 0.1) is 6.54 Å². The highest BCUT2D eigenvalue weighted by atomic mass is 16.5. The SMILES string of the molecule is CCCN(CCC)CCNc1n[n+]([O-])c2cc3c(cc2[n+]1[O-])CCC3. The Morgan fingerprint density at radius 3 is 2.32 bits per heavy atom. The van der Waals surface area contributed by atoms with Crippen molar-refractivity contribution in [3.63, 3.8) is 0 Å². The molecule has 0 aliphatic heterocycles. The fraction of sp³-hybridized carbons (Fsp3) is 0.611. The molecule has 1 aliphatic rings. The smallest absolute Gasteiger partial charge is 0.461 e. The van der Waals surface area contributed by atoms with E-state index in [0.717, 1.165) is 62.0 Å². The molecule has 0 amide bonds. The molecular weight excluding hydrogens is 318 g/mol. The Labute approximate surface area is 148 Å². The summed E-state index contributed by atoms with van der Waals surface area (Å²) in [7, 11) is 0. The van der Waals surface area contributed by atoms with Gasteiger partial charge in [-0.15, -0.1) is 0 Å². The predicted octanol–water partition coefficient (Wildman–Crippen LogP) is 1.52. The van der Waals surface area contributed by atoms with Gasteiger partial charge in [-0.05, 0) is 62.4 Å². The van der Waals surface area contributed by atoms with Gasteiger partial charge in [0, 0.05) is 17.5 Å². The van der Waals surface area contributed by atoms with Gasteiger partial charge in [-0.3, -0.25) is 5.32 Å². The summed E-state index contributed by atoms with van der Waals surface area (Å²) in [5, 5.41) is 31.8. The zero-order valence-corrected chi connectivity index (χ0v) is 15.1. The molecule has 136 valence electrons. The van der Waals surface area contributed by atoms with E-state index in [4.69, 9.17) is 0 Å². The van der Waals surface area contributed by atoms with Crippen LogP contribution in [-0.2, 0) is 12.8 Å². The van der Waals surface area contributed by atoms with Crippen LogP contribution in [0, 0.1) is 10.4 Å². The zero-order valence-electron chi connectivity index (χ0n) is 15.1. The summed E-state index contributed by atoms with van der Waals surface area (Å²) in [6, 6.07) is 3.67. The van der Waals surface area contributed by atoms with Crippen LogP contribution in [0.15, 0.2) is 12.1 Å². The lowest BCUT2D eigenvalue weighted by Gasteiger charge is -2.20. The number of hydrogen-bond donors (Lipinski definition) is 1. The Kier molecular flexibility index (Phi) is 5.53. The molecule has 0 saturated heterocycles. The third-order valence-electron chi connectivity index (χ3n) is 4.78. The second-order valence-electron chi connectivity index (χ2n) is 6.72. The van der Waals surface area contributed by atoms with E-state index >= 15 is 0 Å². The number of aryl methyl sites for hydroxylation is 2. The van der Waals surface area contributed by atoms with Gasteiger partial charge in [0.25, 0.3) is 5.52 Å². The number of fused-ring (bicyclic) bond motifs is 2. The molecule has 1 aliphatic carbocycles. The number of anilines is 1. The molecule has 0 fully saturated rings. The maximum atomic E-state index is 12.6. The van der Waals surface area contributed by atoms with Gasteiger partial charge >= 0.3 is 5.95 Å². The van der Waals surface area contributed by atoms with Crippen molar-refractivity contribution in [3.8, 4) is 0 Å². The van der Waals surface area contributed by atoms with Crippen molar-refractivity contribution in [1.82, 2.24) is 10.00 Å². The largest absolute Gasteiger partial charge is 0.739 e. The molecule has 2 aromatic rings. The van der Waals surface area contributed by atoms with E-state index < -0.39 is 0 Å². The molecule has 0 unspecified atom stereocenters. The van der Waals surface area contributed by atoms with Gasteiger partial charge < -0.3 is 15.3 Å². The molecule has 0 atom stereocenters. The summed E-state index contributed by atoms with van der Waals surface area (Å²) < 4.78 is 0.756. The number of nitrogens with zero attached hydrogens (tertiary/aromatic N) is 4. The van der Waals surface area contributed by atoms with Crippen molar-refractivity contribution < 1.29 is 9.58 Å². The van der Waals surface area contributed by atoms with Crippen molar-refractivity contribution in [3.05, 3.63) is 33.7 Å². The van der Waals surface area contributed by atoms with Crippen LogP contribution < -0.4 is 14.9 Å². The Bertz CT molecular complexity index is 744. The first-order chi connectivity index (χ1) is 12.1. The highest BCUT2D eigenvalue weighted by Crippen LogP contribution is 2.24. The lowest BCUT2D eigenvalue weighted by molar-refractivity contribution is -0.672. The van der Waals surface area contributed by atoms with E-state index in [1.165, 1.54) is 5.56 Å². The van der Waals surface area contributed by atoms with Crippen LogP contribution in [0.4, 0.5) is 5.95 Å². The molecule has 3 rings (SSSR count). The van der Waals surface area contributed by atoms with Crippen molar-refractivity contribution in [2.24, 2.45) is 0 Å². The highest BCUT2D eigenvalue weighted by molar-refractivity contribution is 5.71. The summed E-state index contributed by atoms with van der Waals surface area (Å²) in [4.78, 5) is 2.92. The quantitative estimate of drug-likeness (QED) is 0.579. The summed E-state index contributed by atoms with van der Waals surface area (Å²) >= 11 is 0. The van der Waals surface area contributed by atoms with E-state index in [0.29, 0.717) is 22.4 Å². The summed E-state index contributed by atoms with van der Waals surface area (Å²) in [6.07, 6.45) is 5.21. The average Bonchev–Trinajstić information content (AvgIpc) is 3.06. The minimum Gasteiger partial charge on any atom is -0.739 e. The molecule has 0 saturated carbocycles. The first-order valence-electron chi connectivity index (χ1n) is 9.29. The zero-order chi connectivity index (χ0) is 17.8. The minimum atomic E-state index is 0.0772. The van der Waals surface area contributed by atoms with E-state index in [2.05, 4.69) is 29.2 Å². The fourth-order valence-electron chi connectivity index (χ4n) is 3.61. The number of nitrogens with one attached hydrogen (secondary N) is 1. The van der Waals surface area contributed by atoms with E-state index in [1.54, 1.807) is 0 Å². The predicted molar refractivity (Wildman–Crippen MR) is 97.2 cm³/mol. The highest BCUT2D eigenvalue weighted by Gasteiger charge is 2.23. The van der Waals surface area contributed by atoms with Crippen LogP contribution in [0.25, 0.3) is 11.0 Å². The van der Waals surface area contributed by atoms with Crippen LogP contribution in [0.1, 0.15) is 44.2 Å². The summed E-state index contributed by atoms with van der Waals surface area (Å²) in [6.45, 7) is 7.80. The third kappa shape index (κ3) is 3.76. The van der Waals surface area contributed by atoms with E-state index in [-0.39, 0.29) is 5.95 Å². The van der Waals surface area contributed by atoms with Gasteiger partial charge in [-0.1, -0.05) is 13.8 Å². The number of hydrogen-bond acceptors (Lipinski definition) is 5. The summed E-state index contributed by atoms with van der Waals surface area (Å²) in [5.41, 5.74) is 3.08. The summed E-state index contributed by atoms with van der Waals surface area (Å²) in [5.74, 6) is 0.0772. The molecule has 0 radical (unpaired) electrons. The Hall–Kier alpha value is -2.15. The van der Waals surface area contributed by atoms with Crippen LogP contribution in [0.2, 0.25) is 0 Å². The molecule has 0 bridgehead atoms. The first-order valence-corrected chi connectivity index (χ1v) is 9.29. The average molecular weight is 345 g/mol. The van der Waals surface area contributed by atoms with Crippen LogP contribution in [0.3, 0.4) is 0 Å². The van der Waals surface area contributed by atoms with E-state index in [1.807, 2.05) is 12.1 Å².